The van der Waals surface area contributed by atoms with Crippen LogP contribution in [0, 0.1) is 11.3 Å². The van der Waals surface area contributed by atoms with Crippen molar-refractivity contribution in [1.29, 1.82) is 5.26 Å². The Morgan fingerprint density at radius 2 is 1.80 bits per heavy atom. The van der Waals surface area contributed by atoms with E-state index in [2.05, 4.69) is 9.97 Å². The third-order valence-corrected chi connectivity index (χ3v) is 7.75. The second-order valence-electron chi connectivity index (χ2n) is 10.8. The first kappa shape index (κ1) is 34.2. The summed E-state index contributed by atoms with van der Waals surface area (Å²) in [5, 5.41) is 18.6. The number of anilines is 1. The Kier molecular flexibility index (Phi) is 9.62. The van der Waals surface area contributed by atoms with Crippen molar-refractivity contribution in [2.45, 2.75) is 69.9 Å². The number of rotatable bonds is 8. The van der Waals surface area contributed by atoms with Crippen LogP contribution >= 0.6 is 0 Å². The molecular formula is C31H29F6N5O4. The number of benzene rings is 2. The molecule has 0 spiro atoms. The summed E-state index contributed by atoms with van der Waals surface area (Å²) in [5.74, 6) is -2.21. The van der Waals surface area contributed by atoms with E-state index in [1.54, 1.807) is 19.9 Å². The zero-order chi connectivity index (χ0) is 34.0. The molecule has 0 bridgehead atoms. The van der Waals surface area contributed by atoms with Crippen molar-refractivity contribution in [3.05, 3.63) is 87.5 Å². The van der Waals surface area contributed by atoms with E-state index in [-0.39, 0.29) is 78.2 Å². The lowest BCUT2D eigenvalue weighted by Crippen LogP contribution is -2.61. The first-order valence-electron chi connectivity index (χ1n) is 14.2. The number of carbonyl (C=O) groups is 2. The minimum Gasteiger partial charge on any atom is -0.481 e. The summed E-state index contributed by atoms with van der Waals surface area (Å²) in [7, 11) is 0. The van der Waals surface area contributed by atoms with Gasteiger partial charge in [0.1, 0.15) is 11.5 Å². The summed E-state index contributed by atoms with van der Waals surface area (Å²) < 4.78 is 87.5. The molecule has 0 fully saturated rings. The number of ether oxygens (including phenoxy) is 1. The molecule has 2 aromatic carbocycles. The van der Waals surface area contributed by atoms with Crippen molar-refractivity contribution in [2.24, 2.45) is 5.73 Å². The highest BCUT2D eigenvalue weighted by Gasteiger charge is 2.47. The molecule has 3 N–H and O–H groups in total. The number of carbonyl (C=O) groups excluding carboxylic acids is 1. The Morgan fingerprint density at radius 1 is 1.11 bits per heavy atom. The van der Waals surface area contributed by atoms with E-state index in [4.69, 9.17) is 10.5 Å². The van der Waals surface area contributed by atoms with Crippen LogP contribution in [-0.2, 0) is 34.7 Å². The third-order valence-electron chi connectivity index (χ3n) is 7.75. The number of carboxylic acid groups (broad SMARTS) is 1. The molecule has 2 heterocycles. The molecule has 0 radical (unpaired) electrons. The topological polar surface area (TPSA) is 142 Å². The highest BCUT2D eigenvalue weighted by atomic mass is 19.4. The first-order valence-corrected chi connectivity index (χ1v) is 14.2. The monoisotopic (exact) mass is 649 g/mol. The van der Waals surface area contributed by atoms with E-state index < -0.39 is 47.1 Å². The van der Waals surface area contributed by atoms with E-state index >= 15 is 0 Å². The Hall–Kier alpha value is -4.71. The number of fused-ring (bicyclic) bond motifs is 1. The highest BCUT2D eigenvalue weighted by molar-refractivity contribution is 5.91. The molecule has 46 heavy (non-hydrogen) atoms. The van der Waals surface area contributed by atoms with Gasteiger partial charge in [0, 0.05) is 25.0 Å². The fourth-order valence-electron chi connectivity index (χ4n) is 5.45. The van der Waals surface area contributed by atoms with Crippen LogP contribution in [0.1, 0.15) is 83.9 Å². The molecule has 1 aromatic heterocycles. The van der Waals surface area contributed by atoms with Gasteiger partial charge in [-0.15, -0.1) is 0 Å². The van der Waals surface area contributed by atoms with E-state index in [1.807, 2.05) is 0 Å². The van der Waals surface area contributed by atoms with Gasteiger partial charge in [-0.25, -0.2) is 14.8 Å². The second kappa shape index (κ2) is 13.0. The van der Waals surface area contributed by atoms with Crippen LogP contribution < -0.4 is 10.6 Å². The number of carboxylic acids is 1. The maximum Gasteiger partial charge on any atom is 0.416 e. The lowest BCUT2D eigenvalue weighted by Gasteiger charge is -2.46. The normalized spacial score (nSPS) is 18.1. The number of halogens is 6. The number of hydrogen-bond acceptors (Lipinski definition) is 7. The van der Waals surface area contributed by atoms with Gasteiger partial charge in [-0.3, -0.25) is 9.69 Å². The Balaban J connectivity index is 1.91. The summed E-state index contributed by atoms with van der Waals surface area (Å²) in [6.07, 6.45) is -9.82. The van der Waals surface area contributed by atoms with Crippen LogP contribution in [0.4, 0.5) is 36.8 Å². The summed E-state index contributed by atoms with van der Waals surface area (Å²) in [6.45, 7) is 3.22. The molecular weight excluding hydrogens is 620 g/mol. The molecule has 1 amide bonds. The average molecular weight is 650 g/mol. The molecule has 3 aromatic rings. The first-order chi connectivity index (χ1) is 21.5. The lowest BCUT2D eigenvalue weighted by molar-refractivity contribution is -0.138. The number of amides is 1. The standard InChI is InChI=1S/C31H29F6N5O4/c1-3-29(39)14-23(22-13-20(30(32,33)34)6-7-25(22)42(29)28(45)46-4-2)27-40-16-19(5-8-26(43)44)24(41-27)12-17-9-18(15-38)11-21(10-17)31(35,36)37/h6-7,9-11,13,16,23H,3-5,8,12,14,39H2,1-2H3,(H,43,44)/t23-,29+/m0/s1. The number of nitrogens with two attached hydrogens (primary N) is 1. The van der Waals surface area contributed by atoms with Crippen molar-refractivity contribution in [1.82, 2.24) is 9.97 Å². The highest BCUT2D eigenvalue weighted by Crippen LogP contribution is 2.47. The van der Waals surface area contributed by atoms with Crippen molar-refractivity contribution in [3.63, 3.8) is 0 Å². The molecule has 1 aliphatic heterocycles. The molecule has 1 aliphatic rings. The number of nitriles is 1. The van der Waals surface area contributed by atoms with Gasteiger partial charge in [-0.1, -0.05) is 6.92 Å². The number of nitrogens with zero attached hydrogens (tertiary/aromatic N) is 4. The van der Waals surface area contributed by atoms with Crippen molar-refractivity contribution in [2.75, 3.05) is 11.5 Å². The fraction of sp³-hybridized carbons (Fsp3) is 0.387. The van der Waals surface area contributed by atoms with Crippen LogP contribution in [0.2, 0.25) is 0 Å². The van der Waals surface area contributed by atoms with Gasteiger partial charge in [0.15, 0.2) is 0 Å². The Morgan fingerprint density at radius 3 is 2.39 bits per heavy atom. The third kappa shape index (κ3) is 7.23. The quantitative estimate of drug-likeness (QED) is 0.262. The lowest BCUT2D eigenvalue weighted by atomic mass is 9.80. The second-order valence-corrected chi connectivity index (χ2v) is 10.8. The number of aromatic nitrogens is 2. The Labute approximate surface area is 259 Å². The van der Waals surface area contributed by atoms with Crippen molar-refractivity contribution in [3.8, 4) is 6.07 Å². The molecule has 15 heteroatoms. The van der Waals surface area contributed by atoms with Crippen LogP contribution in [0.25, 0.3) is 0 Å². The van der Waals surface area contributed by atoms with Crippen LogP contribution in [0.15, 0.2) is 42.6 Å². The summed E-state index contributed by atoms with van der Waals surface area (Å²) in [6, 6.07) is 7.26. The zero-order valence-electron chi connectivity index (χ0n) is 24.7. The summed E-state index contributed by atoms with van der Waals surface area (Å²) in [4.78, 5) is 34.4. The van der Waals surface area contributed by atoms with E-state index in [0.29, 0.717) is 6.07 Å². The number of alkyl halides is 6. The predicted octanol–water partition coefficient (Wildman–Crippen LogP) is 6.56. The van der Waals surface area contributed by atoms with Gasteiger partial charge >= 0.3 is 24.4 Å². The molecule has 0 aliphatic carbocycles. The van der Waals surface area contributed by atoms with E-state index in [0.717, 1.165) is 29.2 Å². The molecule has 244 valence electrons. The molecule has 4 rings (SSSR count). The number of aliphatic carboxylic acids is 1. The van der Waals surface area contributed by atoms with Gasteiger partial charge in [-0.2, -0.15) is 31.6 Å². The fourth-order valence-corrected chi connectivity index (χ4v) is 5.45. The smallest absolute Gasteiger partial charge is 0.416 e. The Bertz CT molecular complexity index is 1690. The SMILES string of the molecule is CCOC(=O)N1c2ccc(C(F)(F)F)cc2[C@@H](c2ncc(CCC(=O)O)c(Cc3cc(C#N)cc(C(F)(F)F)c3)n2)C[C@@]1(N)CC. The maximum absolute atomic E-state index is 13.9. The molecule has 0 unspecified atom stereocenters. The van der Waals surface area contributed by atoms with Gasteiger partial charge in [0.2, 0.25) is 0 Å². The molecule has 0 saturated heterocycles. The molecule has 9 nitrogen and oxygen atoms in total. The summed E-state index contributed by atoms with van der Waals surface area (Å²) >= 11 is 0. The van der Waals surface area contributed by atoms with Crippen LogP contribution in [-0.4, -0.2) is 39.4 Å². The van der Waals surface area contributed by atoms with Gasteiger partial charge in [-0.05, 0) is 79.3 Å². The predicted molar refractivity (Wildman–Crippen MR) is 152 cm³/mol. The van der Waals surface area contributed by atoms with E-state index in [1.165, 1.54) is 12.3 Å². The maximum atomic E-state index is 13.9. The molecule has 0 saturated carbocycles. The van der Waals surface area contributed by atoms with Gasteiger partial charge in [0.05, 0.1) is 40.7 Å². The minimum atomic E-state index is -4.76. The molecule has 2 atom stereocenters. The summed E-state index contributed by atoms with van der Waals surface area (Å²) in [5.41, 5.74) is 3.42. The van der Waals surface area contributed by atoms with E-state index in [9.17, 15) is 46.3 Å². The van der Waals surface area contributed by atoms with Gasteiger partial charge < -0.3 is 15.6 Å². The van der Waals surface area contributed by atoms with Crippen molar-refractivity contribution >= 4 is 17.7 Å². The largest absolute Gasteiger partial charge is 0.481 e. The van der Waals surface area contributed by atoms with Crippen LogP contribution in [0.3, 0.4) is 0 Å². The van der Waals surface area contributed by atoms with Crippen molar-refractivity contribution < 1.29 is 45.8 Å². The number of hydrogen-bond donors (Lipinski definition) is 2. The average Bonchev–Trinajstić information content (AvgIpc) is 2.98. The van der Waals surface area contributed by atoms with Gasteiger partial charge in [0.25, 0.3) is 0 Å². The number of aryl methyl sites for hydroxylation is 1. The van der Waals surface area contributed by atoms with Crippen LogP contribution in [0.5, 0.6) is 0 Å². The minimum absolute atomic E-state index is 0.0208. The zero-order valence-corrected chi connectivity index (χ0v) is 24.7.